The van der Waals surface area contributed by atoms with Crippen molar-refractivity contribution in [2.45, 2.75) is 23.1 Å². The maximum atomic E-state index is 12.0. The van der Waals surface area contributed by atoms with Crippen LogP contribution in [0.1, 0.15) is 13.3 Å². The van der Waals surface area contributed by atoms with Crippen LogP contribution in [0.15, 0.2) is 35.2 Å². The standard InChI is InChI=1S/C10H13NO4S/c1-2-10(11,9(12)13)16(14,15)8-6-4-3-5-7-8/h3-7H,2,11H2,1H3,(H,12,13). The Morgan fingerprint density at radius 3 is 2.25 bits per heavy atom. The molecule has 16 heavy (non-hydrogen) atoms. The van der Waals surface area contributed by atoms with Gasteiger partial charge in [-0.3, -0.25) is 0 Å². The Hall–Kier alpha value is -1.40. The Morgan fingerprint density at radius 1 is 1.38 bits per heavy atom. The molecule has 1 aromatic carbocycles. The van der Waals surface area contributed by atoms with Gasteiger partial charge in [0.25, 0.3) is 0 Å². The van der Waals surface area contributed by atoms with E-state index >= 15 is 0 Å². The van der Waals surface area contributed by atoms with E-state index in [1.807, 2.05) is 0 Å². The summed E-state index contributed by atoms with van der Waals surface area (Å²) in [5, 5.41) is 8.93. The Balaban J connectivity index is 3.37. The van der Waals surface area contributed by atoms with Crippen molar-refractivity contribution < 1.29 is 18.3 Å². The maximum absolute atomic E-state index is 12.0. The molecule has 0 aromatic heterocycles. The highest BCUT2D eigenvalue weighted by Gasteiger charge is 2.46. The first-order chi connectivity index (χ1) is 7.36. The predicted molar refractivity (Wildman–Crippen MR) is 58.5 cm³/mol. The molecule has 0 spiro atoms. The van der Waals surface area contributed by atoms with E-state index in [9.17, 15) is 13.2 Å². The topological polar surface area (TPSA) is 97.5 Å². The predicted octanol–water partition coefficient (Wildman–Crippen LogP) is 0.610. The lowest BCUT2D eigenvalue weighted by Gasteiger charge is -2.22. The molecule has 0 amide bonds. The van der Waals surface area contributed by atoms with Crippen molar-refractivity contribution in [2.24, 2.45) is 5.73 Å². The first kappa shape index (κ1) is 12.7. The van der Waals surface area contributed by atoms with Crippen LogP contribution in [0, 0.1) is 0 Å². The molecule has 0 saturated carbocycles. The summed E-state index contributed by atoms with van der Waals surface area (Å²) in [5.74, 6) is -1.54. The van der Waals surface area contributed by atoms with Gasteiger partial charge in [0.2, 0.25) is 14.7 Å². The van der Waals surface area contributed by atoms with E-state index < -0.39 is 20.7 Å². The van der Waals surface area contributed by atoms with Crippen LogP contribution in [0.2, 0.25) is 0 Å². The van der Waals surface area contributed by atoms with Gasteiger partial charge < -0.3 is 10.8 Å². The number of carbonyl (C=O) groups is 1. The Labute approximate surface area is 93.8 Å². The molecule has 0 aliphatic carbocycles. The number of hydrogen-bond acceptors (Lipinski definition) is 4. The first-order valence-electron chi connectivity index (χ1n) is 4.68. The quantitative estimate of drug-likeness (QED) is 0.807. The summed E-state index contributed by atoms with van der Waals surface area (Å²) in [6.07, 6.45) is -0.195. The number of nitrogens with two attached hydrogens (primary N) is 1. The average Bonchev–Trinajstić information content (AvgIpc) is 2.28. The van der Waals surface area contributed by atoms with Crippen LogP contribution in [0.3, 0.4) is 0 Å². The van der Waals surface area contributed by atoms with E-state index in [1.54, 1.807) is 6.07 Å². The molecular weight excluding hydrogens is 230 g/mol. The van der Waals surface area contributed by atoms with E-state index in [2.05, 4.69) is 0 Å². The Morgan fingerprint density at radius 2 is 1.88 bits per heavy atom. The minimum atomic E-state index is -4.07. The minimum Gasteiger partial charge on any atom is -0.479 e. The van der Waals surface area contributed by atoms with E-state index in [1.165, 1.54) is 31.2 Å². The lowest BCUT2D eigenvalue weighted by Crippen LogP contribution is -2.54. The fraction of sp³-hybridized carbons (Fsp3) is 0.300. The smallest absolute Gasteiger partial charge is 0.339 e. The number of rotatable bonds is 4. The molecule has 1 unspecified atom stereocenters. The van der Waals surface area contributed by atoms with Gasteiger partial charge in [-0.2, -0.15) is 0 Å². The zero-order chi connectivity index (χ0) is 12.4. The van der Waals surface area contributed by atoms with Crippen LogP contribution in [-0.4, -0.2) is 24.4 Å². The molecule has 1 rings (SSSR count). The van der Waals surface area contributed by atoms with Gasteiger partial charge in [-0.05, 0) is 18.6 Å². The minimum absolute atomic E-state index is 0.0817. The van der Waals surface area contributed by atoms with Crippen molar-refractivity contribution in [3.63, 3.8) is 0 Å². The van der Waals surface area contributed by atoms with Crippen LogP contribution in [-0.2, 0) is 14.6 Å². The molecule has 5 nitrogen and oxygen atoms in total. The highest BCUT2D eigenvalue weighted by atomic mass is 32.2. The van der Waals surface area contributed by atoms with Crippen molar-refractivity contribution in [3.8, 4) is 0 Å². The van der Waals surface area contributed by atoms with Gasteiger partial charge >= 0.3 is 5.97 Å². The lowest BCUT2D eigenvalue weighted by atomic mass is 10.2. The third-order valence-electron chi connectivity index (χ3n) is 2.42. The average molecular weight is 243 g/mol. The highest BCUT2D eigenvalue weighted by Crippen LogP contribution is 2.24. The van der Waals surface area contributed by atoms with E-state index in [-0.39, 0.29) is 11.3 Å². The van der Waals surface area contributed by atoms with Crippen LogP contribution in [0.25, 0.3) is 0 Å². The van der Waals surface area contributed by atoms with Gasteiger partial charge in [0.1, 0.15) is 0 Å². The van der Waals surface area contributed by atoms with Crippen molar-refractivity contribution in [1.29, 1.82) is 0 Å². The molecular formula is C10H13NO4S. The van der Waals surface area contributed by atoms with Gasteiger partial charge in [0.15, 0.2) is 0 Å². The molecule has 0 fully saturated rings. The summed E-state index contributed by atoms with van der Waals surface area (Å²) < 4.78 is 24.0. The molecule has 0 heterocycles. The van der Waals surface area contributed by atoms with Gasteiger partial charge in [-0.15, -0.1) is 0 Å². The van der Waals surface area contributed by atoms with Gasteiger partial charge in [0.05, 0.1) is 4.90 Å². The van der Waals surface area contributed by atoms with E-state index in [0.29, 0.717) is 0 Å². The number of benzene rings is 1. The van der Waals surface area contributed by atoms with Crippen LogP contribution in [0.5, 0.6) is 0 Å². The SMILES string of the molecule is CCC(N)(C(=O)O)S(=O)(=O)c1ccccc1. The lowest BCUT2D eigenvalue weighted by molar-refractivity contribution is -0.140. The van der Waals surface area contributed by atoms with Crippen molar-refractivity contribution >= 4 is 15.8 Å². The second-order valence-corrected chi connectivity index (χ2v) is 5.57. The van der Waals surface area contributed by atoms with Gasteiger partial charge in [-0.1, -0.05) is 25.1 Å². The second-order valence-electron chi connectivity index (χ2n) is 3.36. The molecule has 0 aliphatic heterocycles. The molecule has 0 saturated heterocycles. The van der Waals surface area contributed by atoms with Crippen molar-refractivity contribution in [1.82, 2.24) is 0 Å². The van der Waals surface area contributed by atoms with E-state index in [4.69, 9.17) is 10.8 Å². The van der Waals surface area contributed by atoms with Crippen molar-refractivity contribution in [3.05, 3.63) is 30.3 Å². The largest absolute Gasteiger partial charge is 0.479 e. The monoisotopic (exact) mass is 243 g/mol. The van der Waals surface area contributed by atoms with Gasteiger partial charge in [0, 0.05) is 0 Å². The van der Waals surface area contributed by atoms with Crippen LogP contribution < -0.4 is 5.73 Å². The summed E-state index contributed by atoms with van der Waals surface area (Å²) in [4.78, 5) is 8.62. The first-order valence-corrected chi connectivity index (χ1v) is 6.16. The molecule has 3 N–H and O–H groups in total. The Bertz CT molecular complexity index is 483. The normalized spacial score (nSPS) is 15.4. The summed E-state index contributed by atoms with van der Waals surface area (Å²) in [5.41, 5.74) is 5.46. The van der Waals surface area contributed by atoms with Crippen molar-refractivity contribution in [2.75, 3.05) is 0 Å². The molecule has 1 atom stereocenters. The van der Waals surface area contributed by atoms with Gasteiger partial charge in [-0.25, -0.2) is 13.2 Å². The molecule has 6 heteroatoms. The zero-order valence-electron chi connectivity index (χ0n) is 8.75. The summed E-state index contributed by atoms with van der Waals surface area (Å²) in [7, 11) is -4.07. The Kier molecular flexibility index (Phi) is 3.35. The third-order valence-corrected chi connectivity index (χ3v) is 4.74. The molecule has 88 valence electrons. The fourth-order valence-electron chi connectivity index (χ4n) is 1.27. The molecule has 0 bridgehead atoms. The fourth-order valence-corrected chi connectivity index (χ4v) is 2.81. The molecule has 0 radical (unpaired) electrons. The number of carboxylic acids is 1. The summed E-state index contributed by atoms with van der Waals surface area (Å²) in [6, 6.07) is 7.34. The molecule has 1 aromatic rings. The highest BCUT2D eigenvalue weighted by molar-refractivity contribution is 7.93. The maximum Gasteiger partial charge on any atom is 0.339 e. The molecule has 0 aliphatic rings. The van der Waals surface area contributed by atoms with Crippen LogP contribution in [0.4, 0.5) is 0 Å². The number of aliphatic carboxylic acids is 1. The summed E-state index contributed by atoms with van der Waals surface area (Å²) >= 11 is 0. The third kappa shape index (κ3) is 1.81. The van der Waals surface area contributed by atoms with E-state index in [0.717, 1.165) is 0 Å². The summed E-state index contributed by atoms with van der Waals surface area (Å²) in [6.45, 7) is 1.43. The number of sulfone groups is 1. The van der Waals surface area contributed by atoms with Crippen LogP contribution >= 0.6 is 0 Å². The zero-order valence-corrected chi connectivity index (χ0v) is 9.57. The number of carboxylic acid groups (broad SMARTS) is 1. The second kappa shape index (κ2) is 4.23. The number of hydrogen-bond donors (Lipinski definition) is 2.